The molecule has 0 fully saturated rings. The summed E-state index contributed by atoms with van der Waals surface area (Å²) in [5.41, 5.74) is 0.821. The molecule has 0 radical (unpaired) electrons. The van der Waals surface area contributed by atoms with E-state index in [0.717, 1.165) is 16.2 Å². The number of aromatic nitrogens is 1. The van der Waals surface area contributed by atoms with Gasteiger partial charge in [0.1, 0.15) is 12.4 Å². The molecule has 0 bridgehead atoms. The molecule has 0 amide bonds. The number of nitriles is 1. The lowest BCUT2D eigenvalue weighted by Gasteiger charge is -2.03. The van der Waals surface area contributed by atoms with Crippen LogP contribution in [-0.2, 0) is 11.3 Å². The highest BCUT2D eigenvalue weighted by Crippen LogP contribution is 2.20. The molecule has 6 nitrogen and oxygen atoms in total. The van der Waals surface area contributed by atoms with Crippen molar-refractivity contribution in [3.05, 3.63) is 57.3 Å². The van der Waals surface area contributed by atoms with E-state index >= 15 is 0 Å². The summed E-state index contributed by atoms with van der Waals surface area (Å²) in [4.78, 5) is 36.5. The SMILES string of the molecule is Cc1ccc(C(=O)C(=O)c2cc(C(=O)OC#N)n(CCF)c2)cc1Br. The average Bonchev–Trinajstić information content (AvgIpc) is 3.00. The molecule has 0 aliphatic rings. The molecule has 1 heterocycles. The van der Waals surface area contributed by atoms with Gasteiger partial charge in [0.2, 0.25) is 11.6 Å². The number of Topliss-reactive ketones (excluding diaryl/α,β-unsaturated/α-hetero) is 2. The molecule has 25 heavy (non-hydrogen) atoms. The van der Waals surface area contributed by atoms with Gasteiger partial charge >= 0.3 is 5.97 Å². The number of halogens is 2. The van der Waals surface area contributed by atoms with Gasteiger partial charge < -0.3 is 9.30 Å². The molecule has 0 spiro atoms. The lowest BCUT2D eigenvalue weighted by Crippen LogP contribution is -2.14. The number of esters is 1. The zero-order valence-electron chi connectivity index (χ0n) is 13.1. The number of carbonyl (C=O) groups excluding carboxylic acids is 3. The first kappa shape index (κ1) is 18.5. The van der Waals surface area contributed by atoms with Gasteiger partial charge in [0.15, 0.2) is 0 Å². The van der Waals surface area contributed by atoms with Crippen molar-refractivity contribution in [3.63, 3.8) is 0 Å². The van der Waals surface area contributed by atoms with Crippen molar-refractivity contribution in [2.45, 2.75) is 13.5 Å². The summed E-state index contributed by atoms with van der Waals surface area (Å²) in [6.45, 7) is 0.825. The van der Waals surface area contributed by atoms with E-state index in [1.54, 1.807) is 6.07 Å². The fraction of sp³-hybridized carbons (Fsp3) is 0.176. The van der Waals surface area contributed by atoms with E-state index in [-0.39, 0.29) is 23.4 Å². The first-order chi connectivity index (χ1) is 11.9. The summed E-state index contributed by atoms with van der Waals surface area (Å²) < 4.78 is 18.6. The Bertz CT molecular complexity index is 899. The molecule has 128 valence electrons. The molecule has 2 rings (SSSR count). The maximum Gasteiger partial charge on any atom is 0.370 e. The minimum absolute atomic E-state index is 0.0833. The highest BCUT2D eigenvalue weighted by atomic mass is 79.9. The van der Waals surface area contributed by atoms with Crippen LogP contribution in [0.3, 0.4) is 0 Å². The predicted molar refractivity (Wildman–Crippen MR) is 89.0 cm³/mol. The van der Waals surface area contributed by atoms with Crippen molar-refractivity contribution in [1.29, 1.82) is 5.26 Å². The van der Waals surface area contributed by atoms with Gasteiger partial charge in [-0.25, -0.2) is 9.18 Å². The summed E-state index contributed by atoms with van der Waals surface area (Å²) >= 11 is 3.29. The largest absolute Gasteiger partial charge is 0.370 e. The molecule has 0 atom stereocenters. The number of aryl methyl sites for hydroxylation is 2. The number of rotatable bonds is 6. The zero-order chi connectivity index (χ0) is 18.6. The average molecular weight is 407 g/mol. The van der Waals surface area contributed by atoms with Gasteiger partial charge in [-0.3, -0.25) is 9.59 Å². The Labute approximate surface area is 150 Å². The van der Waals surface area contributed by atoms with Crippen molar-refractivity contribution >= 4 is 33.5 Å². The van der Waals surface area contributed by atoms with Gasteiger partial charge in [-0.1, -0.05) is 28.1 Å². The Balaban J connectivity index is 2.36. The third-order valence-electron chi connectivity index (χ3n) is 3.47. The van der Waals surface area contributed by atoms with Crippen LogP contribution in [0.2, 0.25) is 0 Å². The molecular formula is C17H12BrFN2O4. The van der Waals surface area contributed by atoms with Crippen LogP contribution in [0.5, 0.6) is 0 Å². The Kier molecular flexibility index (Phi) is 5.83. The van der Waals surface area contributed by atoms with E-state index in [1.165, 1.54) is 24.6 Å². The second-order valence-electron chi connectivity index (χ2n) is 5.10. The number of benzene rings is 1. The predicted octanol–water partition coefficient (Wildman–Crippen LogP) is 3.23. The maximum atomic E-state index is 12.6. The Morgan fingerprint density at radius 3 is 2.52 bits per heavy atom. The number of nitrogens with zero attached hydrogens (tertiary/aromatic N) is 2. The molecule has 0 saturated heterocycles. The summed E-state index contributed by atoms with van der Waals surface area (Å²) in [6, 6.07) is 5.84. The maximum absolute atomic E-state index is 12.6. The van der Waals surface area contributed by atoms with Crippen molar-refractivity contribution in [2.75, 3.05) is 6.67 Å². The minimum atomic E-state index is -1.03. The van der Waals surface area contributed by atoms with E-state index in [4.69, 9.17) is 5.26 Å². The van der Waals surface area contributed by atoms with Crippen LogP contribution >= 0.6 is 15.9 Å². The molecule has 8 heteroatoms. The van der Waals surface area contributed by atoms with Crippen molar-refractivity contribution in [3.8, 4) is 6.26 Å². The lowest BCUT2D eigenvalue weighted by molar-refractivity contribution is 0.0673. The summed E-state index contributed by atoms with van der Waals surface area (Å²) in [7, 11) is 0. The highest BCUT2D eigenvalue weighted by Gasteiger charge is 2.24. The summed E-state index contributed by atoms with van der Waals surface area (Å²) in [5, 5.41) is 8.42. The van der Waals surface area contributed by atoms with Crippen LogP contribution < -0.4 is 0 Å². The van der Waals surface area contributed by atoms with Crippen LogP contribution in [0.25, 0.3) is 0 Å². The van der Waals surface area contributed by atoms with Crippen LogP contribution in [0.4, 0.5) is 4.39 Å². The molecular weight excluding hydrogens is 395 g/mol. The molecule has 1 aromatic carbocycles. The first-order valence-electron chi connectivity index (χ1n) is 7.10. The van der Waals surface area contributed by atoms with Crippen LogP contribution in [0.15, 0.2) is 34.9 Å². The number of alkyl halides is 1. The van der Waals surface area contributed by atoms with E-state index in [0.29, 0.717) is 4.47 Å². The summed E-state index contributed by atoms with van der Waals surface area (Å²) in [6.07, 6.45) is 2.41. The number of carbonyl (C=O) groups is 3. The van der Waals surface area contributed by atoms with E-state index < -0.39 is 24.2 Å². The molecule has 0 N–H and O–H groups in total. The fourth-order valence-electron chi connectivity index (χ4n) is 2.17. The third-order valence-corrected chi connectivity index (χ3v) is 4.33. The second kappa shape index (κ2) is 7.85. The number of hydrogen-bond acceptors (Lipinski definition) is 5. The smallest absolute Gasteiger partial charge is 0.346 e. The Morgan fingerprint density at radius 2 is 1.92 bits per heavy atom. The molecule has 0 unspecified atom stereocenters. The van der Waals surface area contributed by atoms with Crippen molar-refractivity contribution in [1.82, 2.24) is 4.57 Å². The normalized spacial score (nSPS) is 10.2. The van der Waals surface area contributed by atoms with Crippen molar-refractivity contribution in [2.24, 2.45) is 0 Å². The number of hydrogen-bond donors (Lipinski definition) is 0. The standard InChI is InChI=1S/C17H12BrFN2O4/c1-10-2-3-11(6-13(10)18)15(22)16(23)12-7-14(17(24)25-9-20)21(8-12)5-4-19/h2-3,6-8H,4-5H2,1H3. The van der Waals surface area contributed by atoms with Gasteiger partial charge in [-0.2, -0.15) is 0 Å². The molecule has 0 aliphatic carbocycles. The topological polar surface area (TPSA) is 89.2 Å². The second-order valence-corrected chi connectivity index (χ2v) is 5.95. The quantitative estimate of drug-likeness (QED) is 0.318. The van der Waals surface area contributed by atoms with Gasteiger partial charge in [-0.15, -0.1) is 5.26 Å². The van der Waals surface area contributed by atoms with E-state index in [2.05, 4.69) is 20.7 Å². The lowest BCUT2D eigenvalue weighted by atomic mass is 10.0. The number of ketones is 2. The zero-order valence-corrected chi connectivity index (χ0v) is 14.7. The Hall–Kier alpha value is -2.79. The fourth-order valence-corrected chi connectivity index (χ4v) is 2.55. The van der Waals surface area contributed by atoms with Crippen LogP contribution in [0.1, 0.15) is 36.8 Å². The first-order valence-corrected chi connectivity index (χ1v) is 7.90. The van der Waals surface area contributed by atoms with Gasteiger partial charge in [0.25, 0.3) is 6.26 Å². The van der Waals surface area contributed by atoms with E-state index in [9.17, 15) is 18.8 Å². The monoisotopic (exact) mass is 406 g/mol. The molecule has 2 aromatic rings. The van der Waals surface area contributed by atoms with Gasteiger partial charge in [0, 0.05) is 21.8 Å². The van der Waals surface area contributed by atoms with Crippen LogP contribution in [0, 0.1) is 18.4 Å². The Morgan fingerprint density at radius 1 is 1.24 bits per heavy atom. The highest BCUT2D eigenvalue weighted by molar-refractivity contribution is 9.10. The number of ether oxygens (including phenoxy) is 1. The van der Waals surface area contributed by atoms with Gasteiger partial charge in [-0.05, 0) is 24.6 Å². The minimum Gasteiger partial charge on any atom is -0.346 e. The van der Waals surface area contributed by atoms with E-state index in [1.807, 2.05) is 6.92 Å². The van der Waals surface area contributed by atoms with Crippen LogP contribution in [-0.4, -0.2) is 28.8 Å². The van der Waals surface area contributed by atoms with Gasteiger partial charge in [0.05, 0.1) is 6.54 Å². The third kappa shape index (κ3) is 4.00. The molecule has 0 saturated carbocycles. The molecule has 0 aliphatic heterocycles. The summed E-state index contributed by atoms with van der Waals surface area (Å²) in [5.74, 6) is -2.64. The van der Waals surface area contributed by atoms with Crippen molar-refractivity contribution < 1.29 is 23.5 Å². The molecule has 1 aromatic heterocycles.